The Morgan fingerprint density at radius 2 is 2.12 bits per heavy atom. The summed E-state index contributed by atoms with van der Waals surface area (Å²) in [6, 6.07) is 3.87. The predicted molar refractivity (Wildman–Crippen MR) is 66.1 cm³/mol. The highest BCUT2D eigenvalue weighted by atomic mass is 35.5. The zero-order chi connectivity index (χ0) is 12.3. The molecule has 0 atom stereocenters. The molecule has 0 amide bonds. The summed E-state index contributed by atoms with van der Waals surface area (Å²) in [6.45, 7) is 2.48. The van der Waals surface area contributed by atoms with Gasteiger partial charge in [-0.2, -0.15) is 4.98 Å². The van der Waals surface area contributed by atoms with Crippen molar-refractivity contribution < 1.29 is 0 Å². The smallest absolute Gasteiger partial charge is 0.245 e. The van der Waals surface area contributed by atoms with Gasteiger partial charge in [0.05, 0.1) is 12.2 Å². The second-order valence-electron chi connectivity index (χ2n) is 3.34. The molecule has 0 aliphatic rings. The summed E-state index contributed by atoms with van der Waals surface area (Å²) in [4.78, 5) is 8.18. The van der Waals surface area contributed by atoms with E-state index in [1.54, 1.807) is 6.20 Å². The van der Waals surface area contributed by atoms with Crippen LogP contribution in [0, 0.1) is 6.92 Å². The fraction of sp³-hybridized carbons (Fsp3) is 0.200. The first kappa shape index (κ1) is 12.0. The third-order valence-corrected chi connectivity index (χ3v) is 2.58. The van der Waals surface area contributed by atoms with E-state index in [2.05, 4.69) is 25.5 Å². The standard InChI is InChI=1S/C10H9Cl2N5/c1-6-3-2-4-13-7(6)5-14-9-8(11)16-17-10(12)15-9/h2-4H,5H2,1H3,(H,14,15,17). The second kappa shape index (κ2) is 5.25. The van der Waals surface area contributed by atoms with Gasteiger partial charge in [-0.05, 0) is 30.2 Å². The highest BCUT2D eigenvalue weighted by molar-refractivity contribution is 6.32. The fourth-order valence-corrected chi connectivity index (χ4v) is 1.55. The van der Waals surface area contributed by atoms with E-state index in [1.165, 1.54) is 0 Å². The Morgan fingerprint density at radius 3 is 2.88 bits per heavy atom. The van der Waals surface area contributed by atoms with E-state index in [9.17, 15) is 0 Å². The summed E-state index contributed by atoms with van der Waals surface area (Å²) in [5, 5.41) is 10.4. The first-order chi connectivity index (χ1) is 8.16. The topological polar surface area (TPSA) is 63.6 Å². The Kier molecular flexibility index (Phi) is 3.71. The Hall–Kier alpha value is -1.46. The maximum absolute atomic E-state index is 5.82. The van der Waals surface area contributed by atoms with E-state index in [4.69, 9.17) is 23.2 Å². The maximum Gasteiger partial charge on any atom is 0.245 e. The summed E-state index contributed by atoms with van der Waals surface area (Å²) in [7, 11) is 0. The lowest BCUT2D eigenvalue weighted by Gasteiger charge is -2.07. The molecule has 0 aromatic carbocycles. The molecule has 17 heavy (non-hydrogen) atoms. The fourth-order valence-electron chi connectivity index (χ4n) is 1.28. The SMILES string of the molecule is Cc1cccnc1CNc1nc(Cl)nnc1Cl. The molecule has 0 aliphatic carbocycles. The molecule has 5 nitrogen and oxygen atoms in total. The molecule has 0 saturated carbocycles. The molecule has 0 saturated heterocycles. The van der Waals surface area contributed by atoms with Gasteiger partial charge >= 0.3 is 0 Å². The van der Waals surface area contributed by atoms with Crippen LogP contribution in [-0.4, -0.2) is 20.2 Å². The average molecular weight is 270 g/mol. The van der Waals surface area contributed by atoms with Crippen LogP contribution in [0.2, 0.25) is 10.4 Å². The second-order valence-corrected chi connectivity index (χ2v) is 4.04. The highest BCUT2D eigenvalue weighted by Crippen LogP contribution is 2.17. The van der Waals surface area contributed by atoms with Crippen LogP contribution in [0.4, 0.5) is 5.82 Å². The van der Waals surface area contributed by atoms with Gasteiger partial charge in [-0.25, -0.2) is 0 Å². The molecule has 2 heterocycles. The minimum absolute atomic E-state index is 0.0506. The first-order valence-corrected chi connectivity index (χ1v) is 5.62. The third-order valence-electron chi connectivity index (χ3n) is 2.16. The normalized spacial score (nSPS) is 10.3. The van der Waals surface area contributed by atoms with Gasteiger partial charge in [-0.15, -0.1) is 10.2 Å². The zero-order valence-electron chi connectivity index (χ0n) is 8.98. The summed E-state index contributed by atoms with van der Waals surface area (Å²) in [6.07, 6.45) is 1.73. The van der Waals surface area contributed by atoms with E-state index >= 15 is 0 Å². The van der Waals surface area contributed by atoms with Crippen molar-refractivity contribution in [3.05, 3.63) is 40.0 Å². The van der Waals surface area contributed by atoms with Gasteiger partial charge in [0, 0.05) is 6.20 Å². The van der Waals surface area contributed by atoms with Crippen molar-refractivity contribution in [3.63, 3.8) is 0 Å². The molecule has 0 aliphatic heterocycles. The van der Waals surface area contributed by atoms with Crippen molar-refractivity contribution in [3.8, 4) is 0 Å². The molecular weight excluding hydrogens is 261 g/mol. The molecule has 88 valence electrons. The number of anilines is 1. The van der Waals surface area contributed by atoms with Crippen molar-refractivity contribution >= 4 is 29.0 Å². The first-order valence-electron chi connectivity index (χ1n) is 4.87. The number of pyridine rings is 1. The Balaban J connectivity index is 2.12. The van der Waals surface area contributed by atoms with Gasteiger partial charge in [-0.3, -0.25) is 4.98 Å². The van der Waals surface area contributed by atoms with Crippen molar-refractivity contribution in [2.45, 2.75) is 13.5 Å². The Morgan fingerprint density at radius 1 is 1.29 bits per heavy atom. The zero-order valence-corrected chi connectivity index (χ0v) is 10.5. The van der Waals surface area contributed by atoms with Crippen molar-refractivity contribution in [2.24, 2.45) is 0 Å². The van der Waals surface area contributed by atoms with Gasteiger partial charge in [0.1, 0.15) is 0 Å². The molecule has 0 fully saturated rings. The highest BCUT2D eigenvalue weighted by Gasteiger charge is 2.06. The number of hydrogen-bond acceptors (Lipinski definition) is 5. The van der Waals surface area contributed by atoms with Crippen LogP contribution in [0.5, 0.6) is 0 Å². The molecule has 2 aromatic rings. The molecule has 2 rings (SSSR count). The van der Waals surface area contributed by atoms with Gasteiger partial charge in [0.25, 0.3) is 0 Å². The number of rotatable bonds is 3. The van der Waals surface area contributed by atoms with Crippen LogP contribution in [0.15, 0.2) is 18.3 Å². The van der Waals surface area contributed by atoms with Gasteiger partial charge in [0.2, 0.25) is 5.28 Å². The van der Waals surface area contributed by atoms with Crippen molar-refractivity contribution in [1.29, 1.82) is 0 Å². The van der Waals surface area contributed by atoms with Crippen LogP contribution >= 0.6 is 23.2 Å². The summed E-state index contributed by atoms with van der Waals surface area (Å²) in [5.41, 5.74) is 2.00. The van der Waals surface area contributed by atoms with E-state index in [1.807, 2.05) is 19.1 Å². The van der Waals surface area contributed by atoms with E-state index in [0.717, 1.165) is 11.3 Å². The molecule has 1 N–H and O–H groups in total. The number of aryl methyl sites for hydroxylation is 1. The minimum Gasteiger partial charge on any atom is -0.362 e. The molecule has 2 aromatic heterocycles. The van der Waals surface area contributed by atoms with Crippen LogP contribution in [0.1, 0.15) is 11.3 Å². The van der Waals surface area contributed by atoms with Gasteiger partial charge in [-0.1, -0.05) is 17.7 Å². The lowest BCUT2D eigenvalue weighted by Crippen LogP contribution is -2.06. The number of aromatic nitrogens is 4. The Bertz CT molecular complexity index is 532. The number of nitrogens with zero attached hydrogens (tertiary/aromatic N) is 4. The predicted octanol–water partition coefficient (Wildman–Crippen LogP) is 2.49. The van der Waals surface area contributed by atoms with E-state index in [-0.39, 0.29) is 10.4 Å². The quantitative estimate of drug-likeness (QED) is 0.928. The largest absolute Gasteiger partial charge is 0.362 e. The molecule has 0 spiro atoms. The molecule has 7 heteroatoms. The van der Waals surface area contributed by atoms with E-state index in [0.29, 0.717) is 12.4 Å². The van der Waals surface area contributed by atoms with Gasteiger partial charge in [0.15, 0.2) is 11.0 Å². The molecule has 0 bridgehead atoms. The van der Waals surface area contributed by atoms with E-state index < -0.39 is 0 Å². The van der Waals surface area contributed by atoms with Crippen LogP contribution < -0.4 is 5.32 Å². The summed E-state index contributed by atoms with van der Waals surface area (Å²) < 4.78 is 0. The molecule has 0 unspecified atom stereocenters. The number of halogens is 2. The summed E-state index contributed by atoms with van der Waals surface area (Å²) >= 11 is 11.5. The van der Waals surface area contributed by atoms with Crippen LogP contribution in [-0.2, 0) is 6.54 Å². The molecular formula is C10H9Cl2N5. The lowest BCUT2D eigenvalue weighted by molar-refractivity contribution is 0.944. The molecule has 0 radical (unpaired) electrons. The minimum atomic E-state index is 0.0506. The van der Waals surface area contributed by atoms with Gasteiger partial charge < -0.3 is 5.32 Å². The average Bonchev–Trinajstić information content (AvgIpc) is 2.32. The monoisotopic (exact) mass is 269 g/mol. The number of nitrogens with one attached hydrogen (secondary N) is 1. The lowest BCUT2D eigenvalue weighted by atomic mass is 10.2. The van der Waals surface area contributed by atoms with Crippen LogP contribution in [0.3, 0.4) is 0 Å². The number of hydrogen-bond donors (Lipinski definition) is 1. The summed E-state index contributed by atoms with van der Waals surface area (Å²) in [5.74, 6) is 0.400. The van der Waals surface area contributed by atoms with Crippen molar-refractivity contribution in [2.75, 3.05) is 5.32 Å². The van der Waals surface area contributed by atoms with Crippen LogP contribution in [0.25, 0.3) is 0 Å². The third kappa shape index (κ3) is 3.01. The maximum atomic E-state index is 5.82. The Labute approximate surface area is 108 Å². The van der Waals surface area contributed by atoms with Crippen molar-refractivity contribution in [1.82, 2.24) is 20.2 Å².